The zero-order valence-corrected chi connectivity index (χ0v) is 23.9. The molecular formula is C28H32F3N5O5S. The molecule has 2 fully saturated rings. The van der Waals surface area contributed by atoms with Crippen molar-refractivity contribution in [3.05, 3.63) is 59.4 Å². The van der Waals surface area contributed by atoms with Gasteiger partial charge < -0.3 is 9.64 Å². The number of aromatic nitrogens is 2. The average Bonchev–Trinajstić information content (AvgIpc) is 3.16. The molecule has 42 heavy (non-hydrogen) atoms. The Bertz CT molecular complexity index is 1560. The molecule has 5 rings (SSSR count). The molecule has 4 heterocycles. The Labute approximate surface area is 241 Å². The first-order valence-electron chi connectivity index (χ1n) is 13.8. The number of anilines is 1. The summed E-state index contributed by atoms with van der Waals surface area (Å²) < 4.78 is 75.5. The summed E-state index contributed by atoms with van der Waals surface area (Å²) >= 11 is 0. The first kappa shape index (κ1) is 29.8. The number of halogens is 3. The van der Waals surface area contributed by atoms with E-state index in [4.69, 9.17) is 0 Å². The molecule has 2 aromatic heterocycles. The van der Waals surface area contributed by atoms with Crippen LogP contribution >= 0.6 is 0 Å². The van der Waals surface area contributed by atoms with Crippen molar-refractivity contribution in [1.82, 2.24) is 18.8 Å². The number of rotatable bonds is 5. The molecule has 2 aliphatic rings. The Kier molecular flexibility index (Phi) is 8.46. The number of sulfonamides is 1. The Hall–Kier alpha value is -3.65. The van der Waals surface area contributed by atoms with Crippen LogP contribution in [0.1, 0.15) is 66.1 Å². The lowest BCUT2D eigenvalue weighted by Gasteiger charge is -2.31. The van der Waals surface area contributed by atoms with Gasteiger partial charge in [0.1, 0.15) is 0 Å². The minimum absolute atomic E-state index is 0.0772. The van der Waals surface area contributed by atoms with Gasteiger partial charge in [0, 0.05) is 38.1 Å². The van der Waals surface area contributed by atoms with Crippen molar-refractivity contribution in [2.75, 3.05) is 38.6 Å². The number of hydrogen-bond acceptors (Lipinski definition) is 6. The summed E-state index contributed by atoms with van der Waals surface area (Å²) in [4.78, 5) is 26.4. The Morgan fingerprint density at radius 3 is 2.21 bits per heavy atom. The topological polar surface area (TPSA) is 113 Å². The molecule has 0 bridgehead atoms. The number of nitrogens with one attached hydrogen (secondary N) is 1. The van der Waals surface area contributed by atoms with Gasteiger partial charge in [-0.2, -0.15) is 22.6 Å². The summed E-state index contributed by atoms with van der Waals surface area (Å²) in [6, 6.07) is 9.02. The van der Waals surface area contributed by atoms with E-state index in [0.717, 1.165) is 35.8 Å². The monoisotopic (exact) mass is 607 g/mol. The minimum atomic E-state index is -4.80. The van der Waals surface area contributed by atoms with Gasteiger partial charge in [-0.3, -0.25) is 10.1 Å². The number of amides is 2. The number of piperidine rings is 1. The number of likely N-dealkylation sites (tertiary alicyclic amines) is 1. The summed E-state index contributed by atoms with van der Waals surface area (Å²) in [5, 5.41) is 6.21. The van der Waals surface area contributed by atoms with Crippen LogP contribution in [0.25, 0.3) is 5.52 Å². The number of benzene rings is 1. The Morgan fingerprint density at radius 1 is 0.976 bits per heavy atom. The summed E-state index contributed by atoms with van der Waals surface area (Å²) in [6.07, 6.45) is 0.223. The van der Waals surface area contributed by atoms with Crippen molar-refractivity contribution in [3.63, 3.8) is 0 Å². The van der Waals surface area contributed by atoms with E-state index in [1.165, 1.54) is 46.8 Å². The molecule has 2 saturated heterocycles. The maximum absolute atomic E-state index is 14.0. The lowest BCUT2D eigenvalue weighted by atomic mass is 9.90. The van der Waals surface area contributed by atoms with Crippen molar-refractivity contribution in [1.29, 1.82) is 0 Å². The number of carbonyl (C=O) groups is 2. The number of fused-ring (bicyclic) bond motifs is 1. The van der Waals surface area contributed by atoms with Crippen LogP contribution in [0.3, 0.4) is 0 Å². The molecule has 10 nitrogen and oxygen atoms in total. The fourth-order valence-electron chi connectivity index (χ4n) is 5.61. The largest absolute Gasteiger partial charge is 0.453 e. The van der Waals surface area contributed by atoms with Gasteiger partial charge in [0.25, 0.3) is 5.91 Å². The van der Waals surface area contributed by atoms with Gasteiger partial charge in [0.05, 0.1) is 23.1 Å². The molecule has 0 saturated carbocycles. The van der Waals surface area contributed by atoms with Gasteiger partial charge >= 0.3 is 12.3 Å². The van der Waals surface area contributed by atoms with Gasteiger partial charge in [0.2, 0.25) is 10.0 Å². The molecule has 0 unspecified atom stereocenters. The lowest BCUT2D eigenvalue weighted by molar-refractivity contribution is -0.141. The van der Waals surface area contributed by atoms with E-state index in [-0.39, 0.29) is 29.4 Å². The lowest BCUT2D eigenvalue weighted by Crippen LogP contribution is -2.37. The third kappa shape index (κ3) is 6.09. The zero-order valence-electron chi connectivity index (χ0n) is 23.1. The van der Waals surface area contributed by atoms with Crippen LogP contribution in [0, 0.1) is 0 Å². The zero-order chi connectivity index (χ0) is 30.1. The highest BCUT2D eigenvalue weighted by molar-refractivity contribution is 7.89. The number of methoxy groups -OCH3 is 1. The van der Waals surface area contributed by atoms with Gasteiger partial charge in [0.15, 0.2) is 5.69 Å². The molecule has 226 valence electrons. The van der Waals surface area contributed by atoms with Gasteiger partial charge in [-0.1, -0.05) is 12.8 Å². The SMILES string of the molecule is COC(=O)Nc1ccc(S(=O)(=O)N2CCC(c3ccn4nc(C(F)(F)F)c(C(=O)N5CCCCCC5)c4c3)CC2)cc1. The van der Waals surface area contributed by atoms with E-state index in [2.05, 4.69) is 15.2 Å². The molecule has 0 aliphatic carbocycles. The van der Waals surface area contributed by atoms with Crippen molar-refractivity contribution in [2.45, 2.75) is 55.5 Å². The summed E-state index contributed by atoms with van der Waals surface area (Å²) in [7, 11) is -2.58. The minimum Gasteiger partial charge on any atom is -0.453 e. The third-order valence-corrected chi connectivity index (χ3v) is 9.80. The second-order valence-electron chi connectivity index (χ2n) is 10.5. The van der Waals surface area contributed by atoms with Crippen LogP contribution in [-0.4, -0.2) is 72.5 Å². The van der Waals surface area contributed by atoms with Crippen LogP contribution in [0.5, 0.6) is 0 Å². The first-order valence-corrected chi connectivity index (χ1v) is 15.3. The average molecular weight is 608 g/mol. The van der Waals surface area contributed by atoms with Crippen LogP contribution in [0.4, 0.5) is 23.7 Å². The highest BCUT2D eigenvalue weighted by Gasteiger charge is 2.41. The number of ether oxygens (including phenoxy) is 1. The standard InChI is InChI=1S/C28H32F3N5O5S/c1-41-27(38)32-21-6-8-22(9-7-21)42(39,40)35-15-10-19(11-16-35)20-12-17-36-23(18-20)24(25(33-36)28(29,30)31)26(37)34-13-4-2-3-5-14-34/h6-9,12,17-19H,2-5,10-11,13-16H2,1H3,(H,32,38). The highest BCUT2D eigenvalue weighted by Crippen LogP contribution is 2.36. The molecule has 2 aliphatic heterocycles. The van der Waals surface area contributed by atoms with Gasteiger partial charge in [-0.25, -0.2) is 17.7 Å². The Balaban J connectivity index is 1.35. The van der Waals surface area contributed by atoms with Crippen LogP contribution in [-0.2, 0) is 20.9 Å². The molecule has 1 N–H and O–H groups in total. The molecule has 2 amide bonds. The second-order valence-corrected chi connectivity index (χ2v) is 12.5. The third-order valence-electron chi connectivity index (χ3n) is 7.88. The number of pyridine rings is 1. The molecule has 0 spiro atoms. The van der Waals surface area contributed by atoms with Crippen LogP contribution in [0.15, 0.2) is 47.5 Å². The summed E-state index contributed by atoms with van der Waals surface area (Å²) in [5.41, 5.74) is -0.405. The number of hydrogen-bond donors (Lipinski definition) is 1. The fourth-order valence-corrected chi connectivity index (χ4v) is 7.08. The normalized spacial score (nSPS) is 17.7. The number of alkyl halides is 3. The predicted octanol–water partition coefficient (Wildman–Crippen LogP) is 5.12. The van der Waals surface area contributed by atoms with Crippen molar-refractivity contribution >= 4 is 33.2 Å². The van der Waals surface area contributed by atoms with Crippen LogP contribution < -0.4 is 5.32 Å². The van der Waals surface area contributed by atoms with E-state index in [9.17, 15) is 31.2 Å². The first-order chi connectivity index (χ1) is 20.0. The fraction of sp³-hybridized carbons (Fsp3) is 0.464. The molecule has 1 aromatic carbocycles. The van der Waals surface area contributed by atoms with E-state index in [1.54, 1.807) is 12.1 Å². The van der Waals surface area contributed by atoms with Crippen molar-refractivity contribution in [3.8, 4) is 0 Å². The highest BCUT2D eigenvalue weighted by atomic mass is 32.2. The summed E-state index contributed by atoms with van der Waals surface area (Å²) in [5.74, 6) is -0.774. The van der Waals surface area contributed by atoms with Crippen molar-refractivity contribution < 1.29 is 35.9 Å². The smallest absolute Gasteiger partial charge is 0.436 e. The molecule has 0 atom stereocenters. The quantitative estimate of drug-likeness (QED) is 0.431. The second kappa shape index (κ2) is 11.9. The van der Waals surface area contributed by atoms with E-state index >= 15 is 0 Å². The number of carbonyl (C=O) groups excluding carboxylic acids is 2. The summed E-state index contributed by atoms with van der Waals surface area (Å²) in [6.45, 7) is 1.25. The molecule has 14 heteroatoms. The van der Waals surface area contributed by atoms with Gasteiger partial charge in [-0.05, 0) is 73.6 Å². The molecular weight excluding hydrogens is 575 g/mol. The van der Waals surface area contributed by atoms with Crippen LogP contribution in [0.2, 0.25) is 0 Å². The predicted molar refractivity (Wildman–Crippen MR) is 148 cm³/mol. The van der Waals surface area contributed by atoms with E-state index < -0.39 is 39.5 Å². The maximum atomic E-state index is 14.0. The molecule has 3 aromatic rings. The maximum Gasteiger partial charge on any atom is 0.436 e. The van der Waals surface area contributed by atoms with Crippen molar-refractivity contribution in [2.24, 2.45) is 0 Å². The van der Waals surface area contributed by atoms with E-state index in [0.29, 0.717) is 31.6 Å². The Morgan fingerprint density at radius 2 is 1.62 bits per heavy atom. The molecule has 0 radical (unpaired) electrons. The van der Waals surface area contributed by atoms with Gasteiger partial charge in [-0.15, -0.1) is 0 Å². The van der Waals surface area contributed by atoms with E-state index in [1.807, 2.05) is 0 Å². The number of nitrogens with zero attached hydrogens (tertiary/aromatic N) is 4.